The summed E-state index contributed by atoms with van der Waals surface area (Å²) in [5.74, 6) is 0. The van der Waals surface area contributed by atoms with Crippen LogP contribution in [0.2, 0.25) is 0 Å². The van der Waals surface area contributed by atoms with Gasteiger partial charge >= 0.3 is 0 Å². The van der Waals surface area contributed by atoms with Gasteiger partial charge in [-0.25, -0.2) is 0 Å². The molecule has 0 bridgehead atoms. The Kier molecular flexibility index (Phi) is 9.42. The molecule has 0 radical (unpaired) electrons. The summed E-state index contributed by atoms with van der Waals surface area (Å²) in [6.45, 7) is -1.12. The second-order valence-electron chi connectivity index (χ2n) is 6.68. The standard InChI is InChI=1S/C15H27N3O11/c16-18-17-2-1-3-26-14-12(25)10(23)13(7(5-20)28-14)29-15-11(24)9(22)8(21)6(4-19)27-15/h6-15,19-25H,1-5H2/t6?,7?,8-,9-,10+,11?,12?,13+,14+,15-/m0/s1. The van der Waals surface area contributed by atoms with Gasteiger partial charge in [0.05, 0.1) is 13.2 Å². The molecule has 0 spiro atoms. The SMILES string of the molecule is [N-]=[N+]=NCCCO[C@@H]1OC(CO)[C@@H](O[C@@H]2OC(CO)[C@H](O)[C@H](O)C2O)[C@H](O)C1O. The van der Waals surface area contributed by atoms with E-state index in [-0.39, 0.29) is 13.2 Å². The predicted molar refractivity (Wildman–Crippen MR) is 91.0 cm³/mol. The third kappa shape index (κ3) is 5.73. The summed E-state index contributed by atoms with van der Waals surface area (Å²) in [5, 5.41) is 72.4. The molecule has 29 heavy (non-hydrogen) atoms. The number of azide groups is 1. The van der Waals surface area contributed by atoms with Crippen LogP contribution in [0.1, 0.15) is 6.42 Å². The lowest BCUT2D eigenvalue weighted by Gasteiger charge is -2.45. The molecule has 2 saturated heterocycles. The van der Waals surface area contributed by atoms with E-state index in [1.165, 1.54) is 0 Å². The molecule has 7 N–H and O–H groups in total. The first-order chi connectivity index (χ1) is 13.8. The van der Waals surface area contributed by atoms with Crippen molar-refractivity contribution in [3.05, 3.63) is 10.4 Å². The van der Waals surface area contributed by atoms with Crippen LogP contribution >= 0.6 is 0 Å². The second-order valence-corrected chi connectivity index (χ2v) is 6.68. The van der Waals surface area contributed by atoms with E-state index in [0.717, 1.165) is 0 Å². The molecule has 14 nitrogen and oxygen atoms in total. The fourth-order valence-electron chi connectivity index (χ4n) is 3.07. The van der Waals surface area contributed by atoms with E-state index in [0.29, 0.717) is 6.42 Å². The maximum Gasteiger partial charge on any atom is 0.187 e. The van der Waals surface area contributed by atoms with Crippen molar-refractivity contribution in [2.24, 2.45) is 5.11 Å². The maximum atomic E-state index is 10.4. The van der Waals surface area contributed by atoms with Crippen LogP contribution in [0.4, 0.5) is 0 Å². The Morgan fingerprint density at radius 1 is 0.828 bits per heavy atom. The van der Waals surface area contributed by atoms with Crippen molar-refractivity contribution in [3.8, 4) is 0 Å². The van der Waals surface area contributed by atoms with Gasteiger partial charge in [0, 0.05) is 18.1 Å². The van der Waals surface area contributed by atoms with Crippen LogP contribution in [0.3, 0.4) is 0 Å². The van der Waals surface area contributed by atoms with Crippen LogP contribution in [0.25, 0.3) is 10.4 Å². The fraction of sp³-hybridized carbons (Fsp3) is 1.00. The molecule has 0 aliphatic carbocycles. The van der Waals surface area contributed by atoms with Gasteiger partial charge in [0.2, 0.25) is 0 Å². The molecule has 0 amide bonds. The molecule has 0 aromatic heterocycles. The van der Waals surface area contributed by atoms with Crippen molar-refractivity contribution >= 4 is 0 Å². The van der Waals surface area contributed by atoms with E-state index in [4.69, 9.17) is 24.5 Å². The Hall–Kier alpha value is -1.13. The number of hydrogen-bond acceptors (Lipinski definition) is 12. The van der Waals surface area contributed by atoms with E-state index < -0.39 is 74.6 Å². The fourth-order valence-corrected chi connectivity index (χ4v) is 3.07. The molecule has 0 aromatic rings. The van der Waals surface area contributed by atoms with Crippen LogP contribution in [0, 0.1) is 0 Å². The lowest BCUT2D eigenvalue weighted by atomic mass is 9.97. The minimum absolute atomic E-state index is 0.0455. The summed E-state index contributed by atoms with van der Waals surface area (Å²) in [6.07, 6.45) is -14.6. The van der Waals surface area contributed by atoms with Gasteiger partial charge in [-0.05, 0) is 12.0 Å². The molecular weight excluding hydrogens is 398 g/mol. The number of hydrogen-bond donors (Lipinski definition) is 7. The lowest BCUT2D eigenvalue weighted by Crippen LogP contribution is -2.64. The smallest absolute Gasteiger partial charge is 0.187 e. The number of aliphatic hydroxyl groups excluding tert-OH is 7. The zero-order valence-corrected chi connectivity index (χ0v) is 15.4. The Labute approximate surface area is 165 Å². The highest BCUT2D eigenvalue weighted by Gasteiger charge is 2.50. The molecule has 2 fully saturated rings. The van der Waals surface area contributed by atoms with E-state index in [1.54, 1.807) is 0 Å². The molecular formula is C15H27N3O11. The Balaban J connectivity index is 2.00. The molecule has 10 atom stereocenters. The predicted octanol–water partition coefficient (Wildman–Crippen LogP) is -3.67. The normalized spacial score (nSPS) is 43.0. The molecule has 0 aromatic carbocycles. The van der Waals surface area contributed by atoms with Crippen molar-refractivity contribution < 1.29 is 54.7 Å². The Bertz CT molecular complexity index is 548. The lowest BCUT2D eigenvalue weighted by molar-refractivity contribution is -0.359. The summed E-state index contributed by atoms with van der Waals surface area (Å²) >= 11 is 0. The van der Waals surface area contributed by atoms with E-state index in [1.807, 2.05) is 0 Å². The number of ether oxygens (including phenoxy) is 4. The van der Waals surface area contributed by atoms with Crippen LogP contribution < -0.4 is 0 Å². The highest BCUT2D eigenvalue weighted by Crippen LogP contribution is 2.29. The summed E-state index contributed by atoms with van der Waals surface area (Å²) in [6, 6.07) is 0. The summed E-state index contributed by atoms with van der Waals surface area (Å²) in [5.41, 5.74) is 8.21. The highest BCUT2D eigenvalue weighted by atomic mass is 16.7. The average molecular weight is 425 g/mol. The van der Waals surface area contributed by atoms with Crippen LogP contribution in [-0.4, -0.2) is 124 Å². The van der Waals surface area contributed by atoms with E-state index in [9.17, 15) is 35.7 Å². The maximum absolute atomic E-state index is 10.4. The molecule has 4 unspecified atom stereocenters. The minimum Gasteiger partial charge on any atom is -0.394 e. The minimum atomic E-state index is -1.73. The molecule has 2 aliphatic rings. The van der Waals surface area contributed by atoms with Gasteiger partial charge in [0.15, 0.2) is 12.6 Å². The Morgan fingerprint density at radius 3 is 2.07 bits per heavy atom. The molecule has 2 heterocycles. The first kappa shape index (κ1) is 24.1. The quantitative estimate of drug-likeness (QED) is 0.0823. The van der Waals surface area contributed by atoms with Gasteiger partial charge in [-0.1, -0.05) is 5.11 Å². The largest absolute Gasteiger partial charge is 0.394 e. The topological polar surface area (TPSA) is 227 Å². The molecule has 14 heteroatoms. The molecule has 2 rings (SSSR count). The second kappa shape index (κ2) is 11.3. The zero-order valence-electron chi connectivity index (χ0n) is 15.4. The van der Waals surface area contributed by atoms with Gasteiger partial charge < -0.3 is 54.7 Å². The molecule has 2 aliphatic heterocycles. The third-order valence-electron chi connectivity index (χ3n) is 4.71. The van der Waals surface area contributed by atoms with E-state index in [2.05, 4.69) is 10.0 Å². The van der Waals surface area contributed by atoms with Crippen LogP contribution in [-0.2, 0) is 18.9 Å². The van der Waals surface area contributed by atoms with E-state index >= 15 is 0 Å². The average Bonchev–Trinajstić information content (AvgIpc) is 2.72. The van der Waals surface area contributed by atoms with Crippen molar-refractivity contribution in [1.29, 1.82) is 0 Å². The highest BCUT2D eigenvalue weighted by molar-refractivity contribution is 4.94. The first-order valence-corrected chi connectivity index (χ1v) is 9.06. The van der Waals surface area contributed by atoms with Gasteiger partial charge in [-0.2, -0.15) is 0 Å². The van der Waals surface area contributed by atoms with Crippen molar-refractivity contribution in [2.75, 3.05) is 26.4 Å². The van der Waals surface area contributed by atoms with Crippen molar-refractivity contribution in [3.63, 3.8) is 0 Å². The summed E-state index contributed by atoms with van der Waals surface area (Å²) in [7, 11) is 0. The zero-order chi connectivity index (χ0) is 21.6. The van der Waals surface area contributed by atoms with Gasteiger partial charge in [-0.3, -0.25) is 0 Å². The van der Waals surface area contributed by atoms with Crippen LogP contribution in [0.15, 0.2) is 5.11 Å². The van der Waals surface area contributed by atoms with Gasteiger partial charge in [0.1, 0.15) is 48.8 Å². The Morgan fingerprint density at radius 2 is 1.45 bits per heavy atom. The monoisotopic (exact) mass is 425 g/mol. The van der Waals surface area contributed by atoms with Crippen molar-refractivity contribution in [1.82, 2.24) is 0 Å². The number of nitrogens with zero attached hydrogens (tertiary/aromatic N) is 3. The van der Waals surface area contributed by atoms with Gasteiger partial charge in [-0.15, -0.1) is 0 Å². The number of aliphatic hydroxyl groups is 7. The first-order valence-electron chi connectivity index (χ1n) is 9.06. The number of rotatable bonds is 9. The summed E-state index contributed by atoms with van der Waals surface area (Å²) < 4.78 is 21.3. The summed E-state index contributed by atoms with van der Waals surface area (Å²) in [4.78, 5) is 2.58. The van der Waals surface area contributed by atoms with Crippen LogP contribution in [0.5, 0.6) is 0 Å². The van der Waals surface area contributed by atoms with Gasteiger partial charge in [0.25, 0.3) is 0 Å². The van der Waals surface area contributed by atoms with Crippen molar-refractivity contribution in [2.45, 2.75) is 67.8 Å². The third-order valence-corrected chi connectivity index (χ3v) is 4.71. The molecule has 168 valence electrons. The molecule has 0 saturated carbocycles.